The predicted molar refractivity (Wildman–Crippen MR) is 28.3 cm³/mol. The molecule has 0 spiro atoms. The van der Waals surface area contributed by atoms with Gasteiger partial charge in [-0.2, -0.15) is 0 Å². The molecule has 3 nitrogen and oxygen atoms in total. The van der Waals surface area contributed by atoms with Crippen molar-refractivity contribution in [1.29, 1.82) is 0 Å². The van der Waals surface area contributed by atoms with Crippen molar-refractivity contribution in [1.82, 2.24) is 10.9 Å². The van der Waals surface area contributed by atoms with Crippen LogP contribution in [0, 0.1) is 0 Å². The molecule has 7 heavy (non-hydrogen) atoms. The lowest BCUT2D eigenvalue weighted by Crippen LogP contribution is -2.21. The van der Waals surface area contributed by atoms with Gasteiger partial charge in [0.15, 0.2) is 0 Å². The van der Waals surface area contributed by atoms with E-state index in [0.29, 0.717) is 6.54 Å². The van der Waals surface area contributed by atoms with Gasteiger partial charge in [-0.15, -0.1) is 0 Å². The third-order valence-electron chi connectivity index (χ3n) is 0.956. The molecule has 1 aliphatic heterocycles. The lowest BCUT2D eigenvalue weighted by Gasteiger charge is -1.89. The van der Waals surface area contributed by atoms with Gasteiger partial charge in [0, 0.05) is 19.3 Å². The van der Waals surface area contributed by atoms with Crippen LogP contribution in [-0.4, -0.2) is 13.1 Å². The van der Waals surface area contributed by atoms with E-state index in [9.17, 15) is 0 Å². The molecular formula is C4H9N3. The molecule has 0 aromatic carbocycles. The Morgan fingerprint density at radius 1 is 1.86 bits per heavy atom. The largest absolute Gasteiger partial charge is 0.328 e. The average Bonchev–Trinajstić information content (AvgIpc) is 2.14. The lowest BCUT2D eigenvalue weighted by molar-refractivity contribution is 0.719. The van der Waals surface area contributed by atoms with Gasteiger partial charge in [-0.25, -0.2) is 5.43 Å². The van der Waals surface area contributed by atoms with Crippen LogP contribution in [0.25, 0.3) is 0 Å². The van der Waals surface area contributed by atoms with Gasteiger partial charge in [0.05, 0.1) is 0 Å². The number of nitrogens with two attached hydrogens (primary N) is 1. The smallest absolute Gasteiger partial charge is 0.0388 e. The fourth-order valence-corrected chi connectivity index (χ4v) is 0.500. The molecule has 1 aliphatic rings. The van der Waals surface area contributed by atoms with Crippen molar-refractivity contribution in [2.24, 2.45) is 5.73 Å². The maximum atomic E-state index is 5.29. The molecule has 0 saturated heterocycles. The third-order valence-corrected chi connectivity index (χ3v) is 0.956. The Bertz CT molecular complexity index is 86.9. The highest BCUT2D eigenvalue weighted by atomic mass is 15.4. The molecule has 0 aliphatic carbocycles. The fourth-order valence-electron chi connectivity index (χ4n) is 0.500. The SMILES string of the molecule is NCC1=CNNC1. The third kappa shape index (κ3) is 0.913. The van der Waals surface area contributed by atoms with E-state index in [0.717, 1.165) is 6.54 Å². The van der Waals surface area contributed by atoms with Crippen LogP contribution in [0.2, 0.25) is 0 Å². The van der Waals surface area contributed by atoms with E-state index >= 15 is 0 Å². The monoisotopic (exact) mass is 99.1 g/mol. The molecule has 0 atom stereocenters. The van der Waals surface area contributed by atoms with Crippen LogP contribution in [-0.2, 0) is 0 Å². The van der Waals surface area contributed by atoms with Crippen molar-refractivity contribution in [3.63, 3.8) is 0 Å². The van der Waals surface area contributed by atoms with Crippen molar-refractivity contribution in [2.45, 2.75) is 0 Å². The molecule has 0 bridgehead atoms. The maximum absolute atomic E-state index is 5.29. The standard InChI is InChI=1S/C4H9N3/c5-1-4-2-6-7-3-4/h2,6-7H,1,3,5H2. The molecule has 0 aromatic rings. The second-order valence-corrected chi connectivity index (χ2v) is 1.50. The Morgan fingerprint density at radius 3 is 3.00 bits per heavy atom. The zero-order valence-corrected chi connectivity index (χ0v) is 4.07. The second-order valence-electron chi connectivity index (χ2n) is 1.50. The Kier molecular flexibility index (Phi) is 1.29. The van der Waals surface area contributed by atoms with Gasteiger partial charge in [-0.3, -0.25) is 0 Å². The Morgan fingerprint density at radius 2 is 2.71 bits per heavy atom. The minimum Gasteiger partial charge on any atom is -0.328 e. The van der Waals surface area contributed by atoms with E-state index in [4.69, 9.17) is 5.73 Å². The summed E-state index contributed by atoms with van der Waals surface area (Å²) in [6.07, 6.45) is 1.89. The molecule has 1 heterocycles. The number of nitrogens with one attached hydrogen (secondary N) is 2. The summed E-state index contributed by atoms with van der Waals surface area (Å²) in [7, 11) is 0. The van der Waals surface area contributed by atoms with Gasteiger partial charge in [0.25, 0.3) is 0 Å². The molecule has 3 heteroatoms. The second kappa shape index (κ2) is 1.95. The summed E-state index contributed by atoms with van der Waals surface area (Å²) >= 11 is 0. The van der Waals surface area contributed by atoms with Gasteiger partial charge in [-0.1, -0.05) is 0 Å². The van der Waals surface area contributed by atoms with Gasteiger partial charge in [-0.05, 0) is 5.57 Å². The first-order chi connectivity index (χ1) is 3.43. The van der Waals surface area contributed by atoms with Crippen LogP contribution in [0.5, 0.6) is 0 Å². The molecule has 40 valence electrons. The molecule has 0 fully saturated rings. The Labute approximate surface area is 42.5 Å². The van der Waals surface area contributed by atoms with Crippen molar-refractivity contribution >= 4 is 0 Å². The van der Waals surface area contributed by atoms with Gasteiger partial charge < -0.3 is 11.2 Å². The zero-order chi connectivity index (χ0) is 5.11. The summed E-state index contributed by atoms with van der Waals surface area (Å²) in [5, 5.41) is 0. The maximum Gasteiger partial charge on any atom is 0.0388 e. The number of rotatable bonds is 1. The molecule has 0 amide bonds. The normalized spacial score (nSPS) is 18.7. The summed E-state index contributed by atoms with van der Waals surface area (Å²) in [5.41, 5.74) is 12.2. The van der Waals surface area contributed by atoms with Gasteiger partial charge in [0.2, 0.25) is 0 Å². The molecule has 0 unspecified atom stereocenters. The number of hydrogen-bond donors (Lipinski definition) is 3. The van der Waals surface area contributed by atoms with E-state index < -0.39 is 0 Å². The fraction of sp³-hybridized carbons (Fsp3) is 0.500. The molecule has 0 saturated carbocycles. The predicted octanol–water partition coefficient (Wildman–Crippen LogP) is -1.06. The van der Waals surface area contributed by atoms with Crippen molar-refractivity contribution < 1.29 is 0 Å². The highest BCUT2D eigenvalue weighted by Gasteiger charge is 1.97. The van der Waals surface area contributed by atoms with E-state index in [1.807, 2.05) is 6.20 Å². The van der Waals surface area contributed by atoms with Crippen LogP contribution in [0.1, 0.15) is 0 Å². The Balaban J connectivity index is 2.36. The number of hydrogen-bond acceptors (Lipinski definition) is 3. The van der Waals surface area contributed by atoms with Crippen LogP contribution >= 0.6 is 0 Å². The first kappa shape index (κ1) is 4.61. The first-order valence-electron chi connectivity index (χ1n) is 2.30. The molecule has 0 aromatic heterocycles. The summed E-state index contributed by atoms with van der Waals surface area (Å²) in [4.78, 5) is 0. The minimum absolute atomic E-state index is 0.653. The summed E-state index contributed by atoms with van der Waals surface area (Å²) in [6.45, 7) is 1.54. The van der Waals surface area contributed by atoms with Crippen LogP contribution in [0.3, 0.4) is 0 Å². The summed E-state index contributed by atoms with van der Waals surface area (Å²) < 4.78 is 0. The topological polar surface area (TPSA) is 50.1 Å². The average molecular weight is 99.1 g/mol. The molecule has 1 rings (SSSR count). The van der Waals surface area contributed by atoms with Crippen molar-refractivity contribution in [2.75, 3.05) is 13.1 Å². The summed E-state index contributed by atoms with van der Waals surface area (Å²) in [5.74, 6) is 0. The van der Waals surface area contributed by atoms with E-state index in [-0.39, 0.29) is 0 Å². The van der Waals surface area contributed by atoms with E-state index in [2.05, 4.69) is 10.9 Å². The van der Waals surface area contributed by atoms with Crippen LogP contribution in [0.15, 0.2) is 11.8 Å². The quantitative estimate of drug-likeness (QED) is 0.392. The van der Waals surface area contributed by atoms with Crippen molar-refractivity contribution in [3.05, 3.63) is 11.8 Å². The molecule has 4 N–H and O–H groups in total. The van der Waals surface area contributed by atoms with Crippen LogP contribution in [0.4, 0.5) is 0 Å². The number of hydrazine groups is 1. The molecule has 0 radical (unpaired) electrons. The van der Waals surface area contributed by atoms with Crippen molar-refractivity contribution in [3.8, 4) is 0 Å². The zero-order valence-electron chi connectivity index (χ0n) is 4.07. The lowest BCUT2D eigenvalue weighted by atomic mass is 10.3. The first-order valence-corrected chi connectivity index (χ1v) is 2.30. The highest BCUT2D eigenvalue weighted by molar-refractivity contribution is 5.07. The molecular weight excluding hydrogens is 90.1 g/mol. The highest BCUT2D eigenvalue weighted by Crippen LogP contribution is 1.88. The van der Waals surface area contributed by atoms with E-state index in [1.54, 1.807) is 0 Å². The minimum atomic E-state index is 0.653. The van der Waals surface area contributed by atoms with E-state index in [1.165, 1.54) is 5.57 Å². The van der Waals surface area contributed by atoms with Crippen LogP contribution < -0.4 is 16.6 Å². The van der Waals surface area contributed by atoms with Gasteiger partial charge in [0.1, 0.15) is 0 Å². The summed E-state index contributed by atoms with van der Waals surface area (Å²) in [6, 6.07) is 0. The van der Waals surface area contributed by atoms with Gasteiger partial charge >= 0.3 is 0 Å². The Hall–Kier alpha value is -0.540.